The number of nitrogens with one attached hydrogen (secondary N) is 2. The van der Waals surface area contributed by atoms with Gasteiger partial charge in [-0.25, -0.2) is 4.79 Å². The average Bonchev–Trinajstić information content (AvgIpc) is 2.45. The molecule has 9 heteroatoms. The molecule has 0 heterocycles. The lowest BCUT2D eigenvalue weighted by Gasteiger charge is -2.19. The first-order chi connectivity index (χ1) is 10.7. The molecule has 23 heavy (non-hydrogen) atoms. The summed E-state index contributed by atoms with van der Waals surface area (Å²) in [6.45, 7) is 7.60. The van der Waals surface area contributed by atoms with Gasteiger partial charge in [-0.2, -0.15) is 0 Å². The smallest absolute Gasteiger partial charge is 0.346 e. The Morgan fingerprint density at radius 1 is 1.04 bits per heavy atom. The van der Waals surface area contributed by atoms with E-state index in [-0.39, 0.29) is 31.9 Å². The monoisotopic (exact) mass is 331 g/mol. The molecule has 0 atom stereocenters. The van der Waals surface area contributed by atoms with Crippen molar-refractivity contribution in [1.29, 1.82) is 0 Å². The lowest BCUT2D eigenvalue weighted by molar-refractivity contribution is -0.195. The van der Waals surface area contributed by atoms with Crippen molar-refractivity contribution in [3.05, 3.63) is 0 Å². The number of carbonyl (C=O) groups excluding carboxylic acids is 4. The molecule has 0 aliphatic heterocycles. The van der Waals surface area contributed by atoms with Crippen molar-refractivity contribution in [2.75, 3.05) is 26.2 Å². The minimum absolute atomic E-state index is 0.0496. The molecule has 2 amide bonds. The molecule has 0 bridgehead atoms. The third-order valence-corrected chi connectivity index (χ3v) is 2.28. The molecule has 9 nitrogen and oxygen atoms in total. The van der Waals surface area contributed by atoms with Crippen molar-refractivity contribution in [3.8, 4) is 0 Å². The molecule has 0 rings (SSSR count). The standard InChI is InChI=1S/C14H25N3O6/c1-5-11(19)17(10-18)23-13(21)9-16-7-6-15-8-12(20)22-14(2,3)4/h10,15-16H,5-9H2,1-4H3. The van der Waals surface area contributed by atoms with Crippen molar-refractivity contribution in [1.82, 2.24) is 15.7 Å². The molecule has 0 fully saturated rings. The SMILES string of the molecule is CCC(=O)N(C=O)OC(=O)CNCCNCC(=O)OC(C)(C)C. The Morgan fingerprint density at radius 3 is 2.00 bits per heavy atom. The van der Waals surface area contributed by atoms with Crippen molar-refractivity contribution in [2.45, 2.75) is 39.7 Å². The molecule has 0 aliphatic carbocycles. The molecule has 0 aromatic carbocycles. The fourth-order valence-electron chi connectivity index (χ4n) is 1.36. The highest BCUT2D eigenvalue weighted by atomic mass is 16.7. The van der Waals surface area contributed by atoms with Crippen LogP contribution in [0.5, 0.6) is 0 Å². The molecule has 0 aliphatic rings. The van der Waals surface area contributed by atoms with E-state index in [9.17, 15) is 19.2 Å². The lowest BCUT2D eigenvalue weighted by Crippen LogP contribution is -2.38. The number of hydroxylamine groups is 2. The maximum Gasteiger partial charge on any atom is 0.346 e. The van der Waals surface area contributed by atoms with Crippen molar-refractivity contribution in [2.24, 2.45) is 0 Å². The summed E-state index contributed by atoms with van der Waals surface area (Å²) in [5.41, 5.74) is -0.527. The van der Waals surface area contributed by atoms with Crippen LogP contribution in [0.15, 0.2) is 0 Å². The van der Waals surface area contributed by atoms with Gasteiger partial charge in [-0.05, 0) is 20.8 Å². The zero-order chi connectivity index (χ0) is 17.9. The fraction of sp³-hybridized carbons (Fsp3) is 0.714. The molecule has 2 N–H and O–H groups in total. The predicted molar refractivity (Wildman–Crippen MR) is 80.9 cm³/mol. The molecule has 0 radical (unpaired) electrons. The number of carbonyl (C=O) groups is 4. The van der Waals surface area contributed by atoms with Gasteiger partial charge in [0.15, 0.2) is 0 Å². The van der Waals surface area contributed by atoms with Gasteiger partial charge in [0.1, 0.15) is 5.60 Å². The summed E-state index contributed by atoms with van der Waals surface area (Å²) in [4.78, 5) is 49.1. The predicted octanol–water partition coefficient (Wildman–Crippen LogP) is -0.639. The lowest BCUT2D eigenvalue weighted by atomic mass is 10.2. The molecule has 0 spiro atoms. The topological polar surface area (TPSA) is 114 Å². The molecule has 0 aromatic rings. The highest BCUT2D eigenvalue weighted by Gasteiger charge is 2.16. The Balaban J connectivity index is 3.76. The first kappa shape index (κ1) is 21.0. The zero-order valence-corrected chi connectivity index (χ0v) is 14.0. The van der Waals surface area contributed by atoms with Crippen molar-refractivity contribution >= 4 is 24.3 Å². The van der Waals surface area contributed by atoms with Gasteiger partial charge in [0.2, 0.25) is 0 Å². The van der Waals surface area contributed by atoms with E-state index in [0.29, 0.717) is 18.2 Å². The summed E-state index contributed by atoms with van der Waals surface area (Å²) in [5, 5.41) is 5.97. The van der Waals surface area contributed by atoms with Crippen LogP contribution in [0.3, 0.4) is 0 Å². The normalized spacial score (nSPS) is 10.8. The summed E-state index contributed by atoms with van der Waals surface area (Å²) in [6, 6.07) is 0. The first-order valence-corrected chi connectivity index (χ1v) is 7.31. The van der Waals surface area contributed by atoms with Gasteiger partial charge in [0.25, 0.3) is 12.3 Å². The van der Waals surface area contributed by atoms with E-state index in [0.717, 1.165) is 0 Å². The van der Waals surface area contributed by atoms with E-state index in [1.807, 2.05) is 0 Å². The molecule has 0 unspecified atom stereocenters. The van der Waals surface area contributed by atoms with E-state index in [4.69, 9.17) is 4.74 Å². The van der Waals surface area contributed by atoms with E-state index >= 15 is 0 Å². The number of hydrogen-bond donors (Lipinski definition) is 2. The maximum absolute atomic E-state index is 11.4. The van der Waals surface area contributed by atoms with E-state index in [1.54, 1.807) is 27.7 Å². The average molecular weight is 331 g/mol. The summed E-state index contributed by atoms with van der Waals surface area (Å²) in [6.07, 6.45) is 0.195. The Hall–Kier alpha value is -2.00. The highest BCUT2D eigenvalue weighted by Crippen LogP contribution is 2.05. The molecular formula is C14H25N3O6. The van der Waals surface area contributed by atoms with Crippen LogP contribution >= 0.6 is 0 Å². The van der Waals surface area contributed by atoms with Gasteiger partial charge in [0, 0.05) is 19.5 Å². The third kappa shape index (κ3) is 11.2. The molecule has 0 saturated heterocycles. The minimum atomic E-state index is -0.758. The second-order valence-corrected chi connectivity index (χ2v) is 5.58. The van der Waals surface area contributed by atoms with Gasteiger partial charge in [-0.15, -0.1) is 5.06 Å². The number of hydrogen-bond acceptors (Lipinski definition) is 8. The van der Waals surface area contributed by atoms with Crippen LogP contribution in [0.1, 0.15) is 34.1 Å². The Bertz CT molecular complexity index is 419. The third-order valence-electron chi connectivity index (χ3n) is 2.28. The Labute approximate surface area is 135 Å². The highest BCUT2D eigenvalue weighted by molar-refractivity contribution is 5.86. The Morgan fingerprint density at radius 2 is 1.57 bits per heavy atom. The quantitative estimate of drug-likeness (QED) is 0.248. The summed E-state index contributed by atoms with van der Waals surface area (Å²) in [7, 11) is 0. The molecular weight excluding hydrogens is 306 g/mol. The second kappa shape index (κ2) is 10.7. The molecule has 0 saturated carbocycles. The van der Waals surface area contributed by atoms with Gasteiger partial charge in [-0.1, -0.05) is 6.92 Å². The number of amides is 2. The maximum atomic E-state index is 11.4. The van der Waals surface area contributed by atoms with E-state index < -0.39 is 17.5 Å². The van der Waals surface area contributed by atoms with Crippen LogP contribution in [0.25, 0.3) is 0 Å². The summed E-state index contributed by atoms with van der Waals surface area (Å²) < 4.78 is 5.11. The number of rotatable bonds is 9. The number of esters is 1. The fourth-order valence-corrected chi connectivity index (χ4v) is 1.36. The number of ether oxygens (including phenoxy) is 1. The van der Waals surface area contributed by atoms with E-state index in [1.165, 1.54) is 0 Å². The largest absolute Gasteiger partial charge is 0.459 e. The summed E-state index contributed by atoms with van der Waals surface area (Å²) >= 11 is 0. The van der Waals surface area contributed by atoms with Gasteiger partial charge < -0.3 is 20.2 Å². The first-order valence-electron chi connectivity index (χ1n) is 7.31. The van der Waals surface area contributed by atoms with Crippen LogP contribution in [-0.2, 0) is 28.8 Å². The molecule has 0 aromatic heterocycles. The van der Waals surface area contributed by atoms with Gasteiger partial charge in [-0.3, -0.25) is 14.4 Å². The zero-order valence-electron chi connectivity index (χ0n) is 14.0. The van der Waals surface area contributed by atoms with Crippen molar-refractivity contribution < 1.29 is 28.8 Å². The minimum Gasteiger partial charge on any atom is -0.459 e. The van der Waals surface area contributed by atoms with Crippen LogP contribution in [0.4, 0.5) is 0 Å². The van der Waals surface area contributed by atoms with Crippen molar-refractivity contribution in [3.63, 3.8) is 0 Å². The van der Waals surface area contributed by atoms with Gasteiger partial charge >= 0.3 is 11.9 Å². The summed E-state index contributed by atoms with van der Waals surface area (Å²) in [5.74, 6) is -1.73. The second-order valence-electron chi connectivity index (χ2n) is 5.58. The number of nitrogens with zero attached hydrogens (tertiary/aromatic N) is 1. The van der Waals surface area contributed by atoms with Gasteiger partial charge in [0.05, 0.1) is 13.1 Å². The van der Waals surface area contributed by atoms with E-state index in [2.05, 4.69) is 15.5 Å². The van der Waals surface area contributed by atoms with Crippen LogP contribution in [0.2, 0.25) is 0 Å². The van der Waals surface area contributed by atoms with Crippen LogP contribution in [-0.4, -0.2) is 61.1 Å². The Kier molecular flexibility index (Phi) is 9.75. The van der Waals surface area contributed by atoms with Crippen LogP contribution in [0, 0.1) is 0 Å². The van der Waals surface area contributed by atoms with Crippen LogP contribution < -0.4 is 10.6 Å². The number of imide groups is 1. The molecule has 132 valence electrons.